The van der Waals surface area contributed by atoms with Crippen LogP contribution >= 0.6 is 0 Å². The molecule has 0 N–H and O–H groups in total. The molecule has 1 aliphatic rings. The maximum atomic E-state index is 11.0. The van der Waals surface area contributed by atoms with E-state index < -0.39 is 0 Å². The standard InChI is InChI=1S/C14H16O2/c15-9-11-6-7-13(10-16)14(8-11)12-4-2-1-3-5-12/h6-10,12H,1-5H2. The molecule has 2 heteroatoms. The van der Waals surface area contributed by atoms with Crippen molar-refractivity contribution in [2.24, 2.45) is 0 Å². The van der Waals surface area contributed by atoms with Gasteiger partial charge in [0.1, 0.15) is 12.6 Å². The molecule has 0 saturated heterocycles. The zero-order chi connectivity index (χ0) is 11.4. The third-order valence-electron chi connectivity index (χ3n) is 3.42. The summed E-state index contributed by atoms with van der Waals surface area (Å²) in [6, 6.07) is 5.36. The zero-order valence-corrected chi connectivity index (χ0v) is 9.32. The van der Waals surface area contributed by atoms with Crippen LogP contribution < -0.4 is 0 Å². The molecule has 0 aromatic heterocycles. The van der Waals surface area contributed by atoms with Crippen molar-refractivity contribution >= 4 is 12.6 Å². The van der Waals surface area contributed by atoms with Crippen LogP contribution in [0.4, 0.5) is 0 Å². The van der Waals surface area contributed by atoms with Gasteiger partial charge < -0.3 is 0 Å². The molecule has 0 aliphatic heterocycles. The van der Waals surface area contributed by atoms with Crippen molar-refractivity contribution in [3.8, 4) is 0 Å². The Bertz CT molecular complexity index is 390. The molecule has 1 aromatic rings. The molecule has 2 nitrogen and oxygen atoms in total. The molecule has 16 heavy (non-hydrogen) atoms. The second kappa shape index (κ2) is 5.06. The molecule has 0 amide bonds. The molecule has 0 radical (unpaired) electrons. The Balaban J connectivity index is 2.34. The highest BCUT2D eigenvalue weighted by Crippen LogP contribution is 2.34. The fourth-order valence-corrected chi connectivity index (χ4v) is 2.54. The fourth-order valence-electron chi connectivity index (χ4n) is 2.54. The van der Waals surface area contributed by atoms with Gasteiger partial charge in [0.15, 0.2) is 0 Å². The Morgan fingerprint density at radius 3 is 2.38 bits per heavy atom. The van der Waals surface area contributed by atoms with Crippen molar-refractivity contribution in [2.75, 3.05) is 0 Å². The van der Waals surface area contributed by atoms with Crippen molar-refractivity contribution in [1.29, 1.82) is 0 Å². The topological polar surface area (TPSA) is 34.1 Å². The molecule has 1 fully saturated rings. The lowest BCUT2D eigenvalue weighted by atomic mass is 9.82. The summed E-state index contributed by atoms with van der Waals surface area (Å²) >= 11 is 0. The van der Waals surface area contributed by atoms with E-state index in [9.17, 15) is 9.59 Å². The molecule has 2 rings (SSSR count). The number of aldehydes is 2. The first-order valence-electron chi connectivity index (χ1n) is 5.89. The predicted octanol–water partition coefficient (Wildman–Crippen LogP) is 3.36. The summed E-state index contributed by atoms with van der Waals surface area (Å²) in [5, 5.41) is 0. The van der Waals surface area contributed by atoms with Crippen LogP contribution in [0.15, 0.2) is 18.2 Å². The van der Waals surface area contributed by atoms with Crippen LogP contribution in [0.2, 0.25) is 0 Å². The highest BCUT2D eigenvalue weighted by atomic mass is 16.1. The summed E-state index contributed by atoms with van der Waals surface area (Å²) in [4.78, 5) is 21.7. The Morgan fingerprint density at radius 2 is 1.75 bits per heavy atom. The lowest BCUT2D eigenvalue weighted by Crippen LogP contribution is -2.07. The largest absolute Gasteiger partial charge is 0.298 e. The van der Waals surface area contributed by atoms with Gasteiger partial charge in [-0.05, 0) is 30.4 Å². The van der Waals surface area contributed by atoms with Gasteiger partial charge in [-0.1, -0.05) is 31.4 Å². The summed E-state index contributed by atoms with van der Waals surface area (Å²) in [5.74, 6) is 0.467. The summed E-state index contributed by atoms with van der Waals surface area (Å²) < 4.78 is 0. The van der Waals surface area contributed by atoms with Crippen molar-refractivity contribution in [3.05, 3.63) is 34.9 Å². The van der Waals surface area contributed by atoms with Crippen LogP contribution in [-0.2, 0) is 0 Å². The van der Waals surface area contributed by atoms with E-state index in [4.69, 9.17) is 0 Å². The maximum Gasteiger partial charge on any atom is 0.150 e. The number of hydrogen-bond acceptors (Lipinski definition) is 2. The van der Waals surface area contributed by atoms with E-state index in [0.717, 1.165) is 36.5 Å². The second-order valence-corrected chi connectivity index (χ2v) is 4.46. The Labute approximate surface area is 95.7 Å². The van der Waals surface area contributed by atoms with Crippen LogP contribution in [0.3, 0.4) is 0 Å². The summed E-state index contributed by atoms with van der Waals surface area (Å²) in [6.07, 6.45) is 7.79. The summed E-state index contributed by atoms with van der Waals surface area (Å²) in [7, 11) is 0. The van der Waals surface area contributed by atoms with Crippen molar-refractivity contribution in [2.45, 2.75) is 38.0 Å². The Hall–Kier alpha value is -1.44. The summed E-state index contributed by atoms with van der Waals surface area (Å²) in [6.45, 7) is 0. The Kier molecular flexibility index (Phi) is 3.50. The van der Waals surface area contributed by atoms with Gasteiger partial charge in [0, 0.05) is 11.1 Å². The molecule has 1 aliphatic carbocycles. The number of benzene rings is 1. The van der Waals surface area contributed by atoms with Gasteiger partial charge >= 0.3 is 0 Å². The minimum Gasteiger partial charge on any atom is -0.298 e. The van der Waals surface area contributed by atoms with Gasteiger partial charge in [0.05, 0.1) is 0 Å². The monoisotopic (exact) mass is 216 g/mol. The number of rotatable bonds is 3. The van der Waals surface area contributed by atoms with E-state index in [-0.39, 0.29) is 0 Å². The fraction of sp³-hybridized carbons (Fsp3) is 0.429. The van der Waals surface area contributed by atoms with Crippen molar-refractivity contribution in [1.82, 2.24) is 0 Å². The highest BCUT2D eigenvalue weighted by Gasteiger charge is 2.18. The van der Waals surface area contributed by atoms with Gasteiger partial charge in [-0.25, -0.2) is 0 Å². The van der Waals surface area contributed by atoms with E-state index in [1.165, 1.54) is 19.3 Å². The van der Waals surface area contributed by atoms with E-state index in [0.29, 0.717) is 11.5 Å². The number of hydrogen-bond donors (Lipinski definition) is 0. The lowest BCUT2D eigenvalue weighted by molar-refractivity contribution is 0.111. The van der Waals surface area contributed by atoms with Gasteiger partial charge in [0.25, 0.3) is 0 Å². The SMILES string of the molecule is O=Cc1ccc(C=O)c(C2CCCCC2)c1. The predicted molar refractivity (Wildman–Crippen MR) is 63.0 cm³/mol. The van der Waals surface area contributed by atoms with Gasteiger partial charge in [-0.15, -0.1) is 0 Å². The average molecular weight is 216 g/mol. The van der Waals surface area contributed by atoms with Crippen molar-refractivity contribution in [3.63, 3.8) is 0 Å². The molecular formula is C14H16O2. The normalized spacial score (nSPS) is 17.0. The minimum atomic E-state index is 0.467. The molecule has 0 bridgehead atoms. The molecular weight excluding hydrogens is 200 g/mol. The highest BCUT2D eigenvalue weighted by molar-refractivity contribution is 5.82. The lowest BCUT2D eigenvalue weighted by Gasteiger charge is -2.23. The van der Waals surface area contributed by atoms with Crippen LogP contribution in [0, 0.1) is 0 Å². The maximum absolute atomic E-state index is 11.0. The molecule has 0 heterocycles. The quantitative estimate of drug-likeness (QED) is 0.726. The van der Waals surface area contributed by atoms with Crippen LogP contribution in [0.1, 0.15) is 64.3 Å². The first-order chi connectivity index (χ1) is 7.85. The third kappa shape index (κ3) is 2.21. The second-order valence-electron chi connectivity index (χ2n) is 4.46. The van der Waals surface area contributed by atoms with Crippen LogP contribution in [-0.4, -0.2) is 12.6 Å². The molecule has 0 spiro atoms. The van der Waals surface area contributed by atoms with Gasteiger partial charge in [-0.3, -0.25) is 9.59 Å². The van der Waals surface area contributed by atoms with E-state index in [2.05, 4.69) is 0 Å². The van der Waals surface area contributed by atoms with E-state index >= 15 is 0 Å². The Morgan fingerprint density at radius 1 is 1.00 bits per heavy atom. The molecule has 1 aromatic carbocycles. The van der Waals surface area contributed by atoms with E-state index in [1.54, 1.807) is 12.1 Å². The first kappa shape index (κ1) is 11.1. The van der Waals surface area contributed by atoms with Crippen LogP contribution in [0.25, 0.3) is 0 Å². The first-order valence-corrected chi connectivity index (χ1v) is 5.89. The minimum absolute atomic E-state index is 0.467. The average Bonchev–Trinajstić information content (AvgIpc) is 2.39. The molecule has 0 atom stereocenters. The summed E-state index contributed by atoms with van der Waals surface area (Å²) in [5.41, 5.74) is 2.49. The molecule has 1 saturated carbocycles. The third-order valence-corrected chi connectivity index (χ3v) is 3.42. The van der Waals surface area contributed by atoms with Gasteiger partial charge in [0.2, 0.25) is 0 Å². The number of carbonyl (C=O) groups excluding carboxylic acids is 2. The van der Waals surface area contributed by atoms with Crippen LogP contribution in [0.5, 0.6) is 0 Å². The van der Waals surface area contributed by atoms with E-state index in [1.807, 2.05) is 6.07 Å². The van der Waals surface area contributed by atoms with Crippen molar-refractivity contribution < 1.29 is 9.59 Å². The zero-order valence-electron chi connectivity index (χ0n) is 9.32. The smallest absolute Gasteiger partial charge is 0.150 e. The molecule has 84 valence electrons. The number of carbonyl (C=O) groups is 2. The molecule has 0 unspecified atom stereocenters. The van der Waals surface area contributed by atoms with Gasteiger partial charge in [-0.2, -0.15) is 0 Å².